The first kappa shape index (κ1) is 8.74. The molecule has 0 bridgehead atoms. The molecular weight excluding hydrogens is 239 g/mol. The maximum absolute atomic E-state index is 5.80. The summed E-state index contributed by atoms with van der Waals surface area (Å²) < 4.78 is 0.729. The second-order valence-corrected chi connectivity index (χ2v) is 4.89. The van der Waals surface area contributed by atoms with E-state index in [-0.39, 0.29) is 12.1 Å². The first-order valence-corrected chi connectivity index (χ1v) is 5.01. The lowest BCUT2D eigenvalue weighted by Gasteiger charge is -2.33. The minimum atomic E-state index is 0.234. The standard InChI is InChI=1S/C7H15IN2/c1-4-2-6(9)7(10)3-5(4)8/h4-7H,2-3,9-10H2,1H3. The third kappa shape index (κ3) is 1.83. The molecule has 0 aromatic rings. The highest BCUT2D eigenvalue weighted by Gasteiger charge is 2.28. The Hall–Kier alpha value is 0.650. The van der Waals surface area contributed by atoms with Crippen LogP contribution >= 0.6 is 22.6 Å². The van der Waals surface area contributed by atoms with Gasteiger partial charge in [-0.1, -0.05) is 29.5 Å². The highest BCUT2D eigenvalue weighted by molar-refractivity contribution is 14.1. The van der Waals surface area contributed by atoms with Crippen LogP contribution in [-0.2, 0) is 0 Å². The first-order valence-electron chi connectivity index (χ1n) is 3.76. The molecular formula is C7H15IN2. The van der Waals surface area contributed by atoms with Gasteiger partial charge in [-0.15, -0.1) is 0 Å². The van der Waals surface area contributed by atoms with Gasteiger partial charge >= 0.3 is 0 Å². The van der Waals surface area contributed by atoms with E-state index in [0.717, 1.165) is 22.7 Å². The number of halogens is 1. The van der Waals surface area contributed by atoms with Crippen molar-refractivity contribution in [3.05, 3.63) is 0 Å². The fourth-order valence-electron chi connectivity index (χ4n) is 1.42. The van der Waals surface area contributed by atoms with E-state index in [0.29, 0.717) is 0 Å². The molecule has 0 spiro atoms. The van der Waals surface area contributed by atoms with Crippen LogP contribution in [0.3, 0.4) is 0 Å². The fourth-order valence-corrected chi connectivity index (χ4v) is 2.30. The quantitative estimate of drug-likeness (QED) is 0.498. The molecule has 1 saturated carbocycles. The van der Waals surface area contributed by atoms with Crippen molar-refractivity contribution in [2.24, 2.45) is 17.4 Å². The smallest absolute Gasteiger partial charge is 0.0202 e. The first-order chi connectivity index (χ1) is 4.61. The minimum Gasteiger partial charge on any atom is -0.326 e. The van der Waals surface area contributed by atoms with Crippen LogP contribution in [0, 0.1) is 5.92 Å². The van der Waals surface area contributed by atoms with Gasteiger partial charge < -0.3 is 11.5 Å². The van der Waals surface area contributed by atoms with Gasteiger partial charge in [0.1, 0.15) is 0 Å². The van der Waals surface area contributed by atoms with E-state index < -0.39 is 0 Å². The zero-order chi connectivity index (χ0) is 7.72. The highest BCUT2D eigenvalue weighted by atomic mass is 127. The third-order valence-electron chi connectivity index (χ3n) is 2.31. The molecule has 0 radical (unpaired) electrons. The molecule has 0 aromatic heterocycles. The molecule has 1 aliphatic carbocycles. The normalized spacial score (nSPS) is 49.2. The summed E-state index contributed by atoms with van der Waals surface area (Å²) in [4.78, 5) is 0. The van der Waals surface area contributed by atoms with Gasteiger partial charge in [0.05, 0.1) is 0 Å². The van der Waals surface area contributed by atoms with Crippen molar-refractivity contribution in [3.8, 4) is 0 Å². The lowest BCUT2D eigenvalue weighted by atomic mass is 9.84. The van der Waals surface area contributed by atoms with Gasteiger partial charge in [0.2, 0.25) is 0 Å². The molecule has 4 N–H and O–H groups in total. The van der Waals surface area contributed by atoms with E-state index >= 15 is 0 Å². The van der Waals surface area contributed by atoms with Crippen molar-refractivity contribution in [1.82, 2.24) is 0 Å². The highest BCUT2D eigenvalue weighted by Crippen LogP contribution is 2.28. The van der Waals surface area contributed by atoms with Gasteiger partial charge in [-0.25, -0.2) is 0 Å². The van der Waals surface area contributed by atoms with Crippen molar-refractivity contribution in [1.29, 1.82) is 0 Å². The summed E-state index contributed by atoms with van der Waals surface area (Å²) >= 11 is 2.47. The number of rotatable bonds is 0. The Kier molecular flexibility index (Phi) is 2.94. The molecule has 2 nitrogen and oxygen atoms in total. The largest absolute Gasteiger partial charge is 0.326 e. The van der Waals surface area contributed by atoms with Crippen LogP contribution in [0.2, 0.25) is 0 Å². The Morgan fingerprint density at radius 2 is 1.70 bits per heavy atom. The van der Waals surface area contributed by atoms with Crippen LogP contribution in [0.5, 0.6) is 0 Å². The summed E-state index contributed by atoms with van der Waals surface area (Å²) in [5.74, 6) is 0.746. The van der Waals surface area contributed by atoms with Crippen molar-refractivity contribution in [2.45, 2.75) is 35.8 Å². The zero-order valence-electron chi connectivity index (χ0n) is 6.26. The van der Waals surface area contributed by atoms with Crippen molar-refractivity contribution >= 4 is 22.6 Å². The van der Waals surface area contributed by atoms with Gasteiger partial charge in [-0.3, -0.25) is 0 Å². The lowest BCUT2D eigenvalue weighted by molar-refractivity contribution is 0.325. The molecule has 4 unspecified atom stereocenters. The van der Waals surface area contributed by atoms with E-state index in [9.17, 15) is 0 Å². The zero-order valence-corrected chi connectivity index (χ0v) is 8.41. The van der Waals surface area contributed by atoms with Crippen LogP contribution in [0.4, 0.5) is 0 Å². The Morgan fingerprint density at radius 1 is 1.20 bits per heavy atom. The summed E-state index contributed by atoms with van der Waals surface area (Å²) in [5.41, 5.74) is 11.6. The van der Waals surface area contributed by atoms with Gasteiger partial charge in [0.15, 0.2) is 0 Å². The minimum absolute atomic E-state index is 0.234. The predicted molar refractivity (Wildman–Crippen MR) is 52.2 cm³/mol. The van der Waals surface area contributed by atoms with Gasteiger partial charge in [0.25, 0.3) is 0 Å². The molecule has 1 aliphatic rings. The van der Waals surface area contributed by atoms with E-state index in [2.05, 4.69) is 29.5 Å². The average molecular weight is 254 g/mol. The topological polar surface area (TPSA) is 52.0 Å². The second-order valence-electron chi connectivity index (χ2n) is 3.29. The number of alkyl halides is 1. The monoisotopic (exact) mass is 254 g/mol. The van der Waals surface area contributed by atoms with E-state index in [1.165, 1.54) is 0 Å². The van der Waals surface area contributed by atoms with Crippen molar-refractivity contribution < 1.29 is 0 Å². The van der Waals surface area contributed by atoms with Crippen LogP contribution in [0.25, 0.3) is 0 Å². The third-order valence-corrected chi connectivity index (χ3v) is 4.04. The number of nitrogens with two attached hydrogens (primary N) is 2. The van der Waals surface area contributed by atoms with Crippen LogP contribution in [-0.4, -0.2) is 16.0 Å². The lowest BCUT2D eigenvalue weighted by Crippen LogP contribution is -2.48. The molecule has 1 fully saturated rings. The Balaban J connectivity index is 2.46. The molecule has 3 heteroatoms. The van der Waals surface area contributed by atoms with Crippen molar-refractivity contribution in [2.75, 3.05) is 0 Å². The molecule has 0 aromatic carbocycles. The maximum Gasteiger partial charge on any atom is 0.0202 e. The Labute approximate surface area is 75.9 Å². The summed E-state index contributed by atoms with van der Waals surface area (Å²) in [6, 6.07) is 0.471. The van der Waals surface area contributed by atoms with Crippen molar-refractivity contribution in [3.63, 3.8) is 0 Å². The summed E-state index contributed by atoms with van der Waals surface area (Å²) in [7, 11) is 0. The SMILES string of the molecule is CC1CC(N)C(N)CC1I. The van der Waals surface area contributed by atoms with Crippen LogP contribution < -0.4 is 11.5 Å². The fraction of sp³-hybridized carbons (Fsp3) is 1.00. The number of hydrogen-bond acceptors (Lipinski definition) is 2. The molecule has 10 heavy (non-hydrogen) atoms. The number of hydrogen-bond donors (Lipinski definition) is 2. The van der Waals surface area contributed by atoms with E-state index in [4.69, 9.17) is 11.5 Å². The summed E-state index contributed by atoms with van der Waals surface area (Å²) in [5, 5.41) is 0. The molecule has 1 rings (SSSR count). The van der Waals surface area contributed by atoms with E-state index in [1.807, 2.05) is 0 Å². The Bertz CT molecular complexity index is 92.2. The van der Waals surface area contributed by atoms with Gasteiger partial charge in [0, 0.05) is 16.0 Å². The molecule has 0 saturated heterocycles. The van der Waals surface area contributed by atoms with Crippen LogP contribution in [0.15, 0.2) is 0 Å². The molecule has 0 amide bonds. The molecule has 0 heterocycles. The summed E-state index contributed by atoms with van der Waals surface area (Å²) in [6.07, 6.45) is 2.18. The molecule has 60 valence electrons. The predicted octanol–water partition coefficient (Wildman–Crippen LogP) is 0.874. The van der Waals surface area contributed by atoms with E-state index in [1.54, 1.807) is 0 Å². The van der Waals surface area contributed by atoms with Crippen LogP contribution in [0.1, 0.15) is 19.8 Å². The average Bonchev–Trinajstić information content (AvgIpc) is 1.84. The van der Waals surface area contributed by atoms with Gasteiger partial charge in [-0.2, -0.15) is 0 Å². The molecule has 4 atom stereocenters. The molecule has 0 aliphatic heterocycles. The summed E-state index contributed by atoms with van der Waals surface area (Å²) in [6.45, 7) is 2.25. The second kappa shape index (κ2) is 3.36. The maximum atomic E-state index is 5.80. The van der Waals surface area contributed by atoms with Gasteiger partial charge in [-0.05, 0) is 18.8 Å². The Morgan fingerprint density at radius 3 is 2.20 bits per heavy atom.